The number of ether oxygens (including phenoxy) is 1. The molecule has 2 rings (SSSR count). The van der Waals surface area contributed by atoms with Crippen LogP contribution in [-0.2, 0) is 16.4 Å². The van der Waals surface area contributed by atoms with E-state index < -0.39 is 10.0 Å². The Hall–Kier alpha value is -1.89. The number of nitrogens with two attached hydrogens (primary N) is 1. The van der Waals surface area contributed by atoms with Crippen LogP contribution >= 0.6 is 0 Å². The lowest BCUT2D eigenvalue weighted by Gasteiger charge is -2.21. The number of nitrogens with one attached hydrogen (secondary N) is 1. The summed E-state index contributed by atoms with van der Waals surface area (Å²) in [6, 6.07) is 15.6. The van der Waals surface area contributed by atoms with E-state index in [1.54, 1.807) is 12.1 Å². The Labute approximate surface area is 143 Å². The Morgan fingerprint density at radius 1 is 1.12 bits per heavy atom. The summed E-state index contributed by atoms with van der Waals surface area (Å²) < 4.78 is 28.5. The van der Waals surface area contributed by atoms with Crippen molar-refractivity contribution in [2.24, 2.45) is 5.14 Å². The smallest absolute Gasteiger partial charge is 0.241 e. The maximum absolute atomic E-state index is 11.7. The largest absolute Gasteiger partial charge is 0.495 e. The Morgan fingerprint density at radius 2 is 1.79 bits per heavy atom. The van der Waals surface area contributed by atoms with Gasteiger partial charge in [-0.2, -0.15) is 0 Å². The summed E-state index contributed by atoms with van der Waals surface area (Å²) in [6.07, 6.45) is 0.684. The second kappa shape index (κ2) is 7.79. The number of benzene rings is 2. The molecule has 0 saturated heterocycles. The molecule has 2 atom stereocenters. The molecule has 0 radical (unpaired) electrons. The fourth-order valence-electron chi connectivity index (χ4n) is 2.75. The van der Waals surface area contributed by atoms with Crippen LogP contribution in [0.3, 0.4) is 0 Å². The molecule has 2 unspecified atom stereocenters. The minimum Gasteiger partial charge on any atom is -0.495 e. The Bertz CT molecular complexity index is 776. The fraction of sp³-hybridized carbons (Fsp3) is 0.333. The van der Waals surface area contributed by atoms with E-state index in [1.165, 1.54) is 12.7 Å². The number of methoxy groups -OCH3 is 1. The number of sulfonamides is 1. The van der Waals surface area contributed by atoms with Gasteiger partial charge in [0, 0.05) is 12.1 Å². The summed E-state index contributed by atoms with van der Waals surface area (Å²) in [5.41, 5.74) is 2.10. The van der Waals surface area contributed by atoms with Crippen LogP contribution in [0.15, 0.2) is 53.4 Å². The monoisotopic (exact) mass is 348 g/mol. The molecule has 2 aromatic rings. The van der Waals surface area contributed by atoms with Gasteiger partial charge in [-0.15, -0.1) is 0 Å². The van der Waals surface area contributed by atoms with Gasteiger partial charge in [0.05, 0.1) is 7.11 Å². The van der Waals surface area contributed by atoms with Crippen molar-refractivity contribution in [1.82, 2.24) is 5.32 Å². The van der Waals surface area contributed by atoms with E-state index in [4.69, 9.17) is 9.88 Å². The van der Waals surface area contributed by atoms with Crippen LogP contribution in [0, 0.1) is 0 Å². The van der Waals surface area contributed by atoms with Gasteiger partial charge in [0.25, 0.3) is 0 Å². The van der Waals surface area contributed by atoms with Gasteiger partial charge in [0.2, 0.25) is 10.0 Å². The topological polar surface area (TPSA) is 81.4 Å². The Kier molecular flexibility index (Phi) is 5.99. The molecular formula is C18H24N2O3S. The van der Waals surface area contributed by atoms with Gasteiger partial charge >= 0.3 is 0 Å². The Balaban J connectivity index is 2.10. The summed E-state index contributed by atoms with van der Waals surface area (Å²) >= 11 is 0. The van der Waals surface area contributed by atoms with Gasteiger partial charge in [-0.1, -0.05) is 36.4 Å². The molecule has 0 fully saturated rings. The highest BCUT2D eigenvalue weighted by Gasteiger charge is 2.17. The summed E-state index contributed by atoms with van der Waals surface area (Å²) in [5, 5.41) is 8.79. The van der Waals surface area contributed by atoms with E-state index in [0.29, 0.717) is 6.42 Å². The SMILES string of the molecule is COc1ccc(CC(C)NC(C)c2ccccc2)cc1S(N)(=O)=O. The first kappa shape index (κ1) is 18.4. The second-order valence-corrected chi connectivity index (χ2v) is 7.46. The van der Waals surface area contributed by atoms with Crippen LogP contribution in [0.2, 0.25) is 0 Å². The van der Waals surface area contributed by atoms with Gasteiger partial charge in [-0.3, -0.25) is 0 Å². The first-order chi connectivity index (χ1) is 11.3. The normalized spacial score (nSPS) is 14.2. The maximum atomic E-state index is 11.7. The molecule has 0 amide bonds. The lowest BCUT2D eigenvalue weighted by atomic mass is 10.0. The van der Waals surface area contributed by atoms with E-state index in [-0.39, 0.29) is 22.7 Å². The first-order valence-corrected chi connectivity index (χ1v) is 9.36. The van der Waals surface area contributed by atoms with Crippen LogP contribution < -0.4 is 15.2 Å². The molecule has 0 heterocycles. The highest BCUT2D eigenvalue weighted by molar-refractivity contribution is 7.89. The third kappa shape index (κ3) is 4.80. The summed E-state index contributed by atoms with van der Waals surface area (Å²) in [4.78, 5) is 0.0193. The van der Waals surface area contributed by atoms with Crippen molar-refractivity contribution in [3.8, 4) is 5.75 Å². The van der Waals surface area contributed by atoms with Crippen LogP contribution in [-0.4, -0.2) is 21.6 Å². The Morgan fingerprint density at radius 3 is 2.38 bits per heavy atom. The van der Waals surface area contributed by atoms with E-state index in [0.717, 1.165) is 5.56 Å². The van der Waals surface area contributed by atoms with Crippen molar-refractivity contribution in [2.45, 2.75) is 37.2 Å². The molecule has 0 saturated carbocycles. The second-order valence-electron chi connectivity index (χ2n) is 5.93. The average molecular weight is 348 g/mol. The molecule has 2 aromatic carbocycles. The molecule has 5 nitrogen and oxygen atoms in total. The predicted octanol–water partition coefficient (Wildman–Crippen LogP) is 2.62. The van der Waals surface area contributed by atoms with E-state index in [9.17, 15) is 8.42 Å². The zero-order valence-corrected chi connectivity index (χ0v) is 15.0. The van der Waals surface area contributed by atoms with E-state index in [2.05, 4.69) is 31.3 Å². The molecule has 6 heteroatoms. The zero-order valence-electron chi connectivity index (χ0n) is 14.2. The van der Waals surface area contributed by atoms with Crippen molar-refractivity contribution in [2.75, 3.05) is 7.11 Å². The van der Waals surface area contributed by atoms with Gasteiger partial charge in [-0.25, -0.2) is 13.6 Å². The van der Waals surface area contributed by atoms with E-state index in [1.807, 2.05) is 24.3 Å². The molecule has 130 valence electrons. The van der Waals surface area contributed by atoms with Crippen LogP contribution in [0.5, 0.6) is 5.75 Å². The quantitative estimate of drug-likeness (QED) is 0.806. The van der Waals surface area contributed by atoms with Crippen molar-refractivity contribution in [1.29, 1.82) is 0 Å². The van der Waals surface area contributed by atoms with Crippen LogP contribution in [0.25, 0.3) is 0 Å². The van der Waals surface area contributed by atoms with Gasteiger partial charge in [-0.05, 0) is 43.5 Å². The molecule has 0 bridgehead atoms. The first-order valence-electron chi connectivity index (χ1n) is 7.82. The lowest BCUT2D eigenvalue weighted by molar-refractivity contribution is 0.402. The lowest BCUT2D eigenvalue weighted by Crippen LogP contribution is -2.30. The fourth-order valence-corrected chi connectivity index (χ4v) is 3.50. The van der Waals surface area contributed by atoms with Crippen molar-refractivity contribution >= 4 is 10.0 Å². The predicted molar refractivity (Wildman–Crippen MR) is 95.5 cm³/mol. The molecule has 0 spiro atoms. The number of hydrogen-bond acceptors (Lipinski definition) is 4. The number of primary sulfonamides is 1. The molecule has 0 aliphatic rings. The minimum atomic E-state index is -3.82. The zero-order chi connectivity index (χ0) is 17.7. The average Bonchev–Trinajstić information content (AvgIpc) is 2.54. The molecule has 3 N–H and O–H groups in total. The molecule has 0 aliphatic heterocycles. The van der Waals surface area contributed by atoms with Crippen LogP contribution in [0.1, 0.15) is 31.0 Å². The third-order valence-corrected chi connectivity index (χ3v) is 4.84. The van der Waals surface area contributed by atoms with E-state index >= 15 is 0 Å². The molecule has 0 aliphatic carbocycles. The number of hydrogen-bond donors (Lipinski definition) is 2. The number of rotatable bonds is 7. The van der Waals surface area contributed by atoms with Crippen LogP contribution in [0.4, 0.5) is 0 Å². The maximum Gasteiger partial charge on any atom is 0.241 e. The van der Waals surface area contributed by atoms with Crippen molar-refractivity contribution in [3.05, 3.63) is 59.7 Å². The van der Waals surface area contributed by atoms with Crippen molar-refractivity contribution < 1.29 is 13.2 Å². The molecule has 0 aromatic heterocycles. The summed E-state index contributed by atoms with van der Waals surface area (Å²) in [6.45, 7) is 4.18. The highest BCUT2D eigenvalue weighted by Crippen LogP contribution is 2.24. The highest BCUT2D eigenvalue weighted by atomic mass is 32.2. The van der Waals surface area contributed by atoms with Crippen molar-refractivity contribution in [3.63, 3.8) is 0 Å². The molecule has 24 heavy (non-hydrogen) atoms. The molecular weight excluding hydrogens is 324 g/mol. The van der Waals surface area contributed by atoms with Gasteiger partial charge < -0.3 is 10.1 Å². The third-order valence-electron chi connectivity index (χ3n) is 3.91. The summed E-state index contributed by atoms with van der Waals surface area (Å²) in [5.74, 6) is 0.263. The van der Waals surface area contributed by atoms with Gasteiger partial charge in [0.15, 0.2) is 0 Å². The van der Waals surface area contributed by atoms with Gasteiger partial charge in [0.1, 0.15) is 10.6 Å². The summed E-state index contributed by atoms with van der Waals surface area (Å²) in [7, 11) is -2.39. The minimum absolute atomic E-state index is 0.0193. The standard InChI is InChI=1S/C18H24N2O3S/c1-13(20-14(2)16-7-5-4-6-8-16)11-15-9-10-17(23-3)18(12-15)24(19,21)22/h4-10,12-14,20H,11H2,1-3H3,(H2,19,21,22).